The van der Waals surface area contributed by atoms with Crippen molar-refractivity contribution in [3.05, 3.63) is 101 Å². The summed E-state index contributed by atoms with van der Waals surface area (Å²) < 4.78 is 11.5. The van der Waals surface area contributed by atoms with E-state index in [4.69, 9.17) is 9.47 Å². The molecule has 0 aromatic heterocycles. The number of amides is 3. The van der Waals surface area contributed by atoms with Crippen LogP contribution in [0.15, 0.2) is 94.7 Å². The van der Waals surface area contributed by atoms with Gasteiger partial charge in [-0.2, -0.15) is 0 Å². The highest BCUT2D eigenvalue weighted by Crippen LogP contribution is 2.35. The lowest BCUT2D eigenvalue weighted by atomic mass is 10.1. The fraction of sp³-hybridized carbons (Fsp3) is 0.156. The number of hydrogen-bond acceptors (Lipinski definition) is 7. The fourth-order valence-electron chi connectivity index (χ4n) is 4.29. The van der Waals surface area contributed by atoms with Gasteiger partial charge in [0.05, 0.1) is 18.6 Å². The minimum Gasteiger partial charge on any atom is -0.493 e. The number of rotatable bonds is 10. The Morgan fingerprint density at radius 3 is 2.56 bits per heavy atom. The maximum absolute atomic E-state index is 12.9. The number of methoxy groups -OCH3 is 1. The number of imide groups is 1. The summed E-state index contributed by atoms with van der Waals surface area (Å²) in [6.45, 7) is 2.07. The summed E-state index contributed by atoms with van der Waals surface area (Å²) in [5.74, 6) is 0.904. The zero-order chi connectivity index (χ0) is 28.8. The van der Waals surface area contributed by atoms with Gasteiger partial charge in [-0.05, 0) is 71.4 Å². The number of benzene rings is 4. The second-order valence-electron chi connectivity index (χ2n) is 9.27. The summed E-state index contributed by atoms with van der Waals surface area (Å²) in [5.41, 5.74) is 2.34. The van der Waals surface area contributed by atoms with Crippen molar-refractivity contribution >= 4 is 63.1 Å². The first-order valence-corrected chi connectivity index (χ1v) is 14.7. The summed E-state index contributed by atoms with van der Waals surface area (Å²) in [4.78, 5) is 40.3. The number of nitrogens with zero attached hydrogens (tertiary/aromatic N) is 1. The Kier molecular flexibility index (Phi) is 8.96. The lowest BCUT2D eigenvalue weighted by Crippen LogP contribution is -2.36. The van der Waals surface area contributed by atoms with Crippen molar-refractivity contribution in [3.8, 4) is 11.5 Å². The molecule has 0 radical (unpaired) electrons. The van der Waals surface area contributed by atoms with Crippen LogP contribution in [0.5, 0.6) is 11.5 Å². The third kappa shape index (κ3) is 6.93. The van der Waals surface area contributed by atoms with Crippen LogP contribution in [-0.4, -0.2) is 48.0 Å². The lowest BCUT2D eigenvalue weighted by Gasteiger charge is -2.13. The van der Waals surface area contributed by atoms with Gasteiger partial charge in [0.25, 0.3) is 11.1 Å². The predicted octanol–water partition coefficient (Wildman–Crippen LogP) is 7.00. The molecule has 0 aliphatic carbocycles. The maximum atomic E-state index is 12.9. The molecule has 7 nitrogen and oxygen atoms in total. The van der Waals surface area contributed by atoms with E-state index in [0.29, 0.717) is 29.4 Å². The zero-order valence-electron chi connectivity index (χ0n) is 22.6. The van der Waals surface area contributed by atoms with Gasteiger partial charge in [-0.1, -0.05) is 60.2 Å². The van der Waals surface area contributed by atoms with Gasteiger partial charge in [0.2, 0.25) is 5.91 Å². The molecule has 1 N–H and O–H groups in total. The Hall–Kier alpha value is -4.21. The third-order valence-corrected chi connectivity index (χ3v) is 8.29. The van der Waals surface area contributed by atoms with Crippen molar-refractivity contribution in [1.82, 2.24) is 4.90 Å². The van der Waals surface area contributed by atoms with Crippen LogP contribution in [0.2, 0.25) is 0 Å². The van der Waals surface area contributed by atoms with Crippen molar-refractivity contribution in [2.45, 2.75) is 11.8 Å². The minimum atomic E-state index is -0.510. The van der Waals surface area contributed by atoms with Crippen LogP contribution in [0.3, 0.4) is 0 Å². The average molecular weight is 585 g/mol. The molecule has 208 valence electrons. The molecule has 0 saturated carbocycles. The number of aryl methyl sites for hydroxylation is 1. The second-order valence-corrected chi connectivity index (χ2v) is 11.4. The molecule has 4 aromatic carbocycles. The van der Waals surface area contributed by atoms with Crippen molar-refractivity contribution < 1.29 is 23.9 Å². The topological polar surface area (TPSA) is 84.9 Å². The third-order valence-electron chi connectivity index (χ3n) is 6.34. The Morgan fingerprint density at radius 1 is 0.976 bits per heavy atom. The number of hydrogen-bond donors (Lipinski definition) is 1. The highest BCUT2D eigenvalue weighted by atomic mass is 32.2. The smallest absolute Gasteiger partial charge is 0.294 e. The Bertz CT molecular complexity index is 1630. The van der Waals surface area contributed by atoms with Gasteiger partial charge in [0.1, 0.15) is 6.54 Å². The summed E-state index contributed by atoms with van der Waals surface area (Å²) in [7, 11) is 1.55. The van der Waals surface area contributed by atoms with Crippen LogP contribution in [0.25, 0.3) is 16.8 Å². The van der Waals surface area contributed by atoms with E-state index in [-0.39, 0.29) is 11.4 Å². The number of ether oxygens (including phenoxy) is 2. The number of nitrogens with one attached hydrogen (secondary N) is 1. The van der Waals surface area contributed by atoms with Gasteiger partial charge in [-0.25, -0.2) is 0 Å². The van der Waals surface area contributed by atoms with Crippen LogP contribution in [0, 0.1) is 6.92 Å². The van der Waals surface area contributed by atoms with Crippen LogP contribution in [0.1, 0.15) is 11.1 Å². The summed E-state index contributed by atoms with van der Waals surface area (Å²) in [5, 5.41) is 4.65. The van der Waals surface area contributed by atoms with Crippen molar-refractivity contribution in [2.75, 3.05) is 31.3 Å². The van der Waals surface area contributed by atoms with Crippen LogP contribution in [0.4, 0.5) is 10.5 Å². The number of thioether (sulfide) groups is 2. The molecule has 1 aliphatic rings. The quantitative estimate of drug-likeness (QED) is 0.122. The molecule has 1 saturated heterocycles. The van der Waals surface area contributed by atoms with E-state index >= 15 is 0 Å². The van der Waals surface area contributed by atoms with E-state index in [1.165, 1.54) is 15.7 Å². The molecule has 0 unspecified atom stereocenters. The molecule has 0 atom stereocenters. The Balaban J connectivity index is 1.18. The molecule has 1 aliphatic heterocycles. The van der Waals surface area contributed by atoms with E-state index in [2.05, 4.69) is 35.6 Å². The first-order chi connectivity index (χ1) is 19.9. The molecule has 3 amide bonds. The van der Waals surface area contributed by atoms with Gasteiger partial charge in [-0.3, -0.25) is 19.3 Å². The van der Waals surface area contributed by atoms with Gasteiger partial charge in [0.15, 0.2) is 11.5 Å². The SMILES string of the molecule is COc1cc(/C=C2\SC(=O)N(CC(=O)Nc3ccc(C)cc3)C2=O)ccc1OCCSc1cccc2ccccc12. The normalized spacial score (nSPS) is 14.1. The number of fused-ring (bicyclic) bond motifs is 1. The van der Waals surface area contributed by atoms with E-state index in [1.54, 1.807) is 55.3 Å². The van der Waals surface area contributed by atoms with Gasteiger partial charge in [0, 0.05) is 16.3 Å². The van der Waals surface area contributed by atoms with Crippen LogP contribution < -0.4 is 14.8 Å². The summed E-state index contributed by atoms with van der Waals surface area (Å²) >= 11 is 2.54. The summed E-state index contributed by atoms with van der Waals surface area (Å²) in [6, 6.07) is 27.2. The molecular formula is C32H28N2O5S2. The maximum Gasteiger partial charge on any atom is 0.294 e. The standard InChI is InChI=1S/C32H28N2O5S2/c1-21-10-13-24(14-11-21)33-30(35)20-34-31(36)29(41-32(34)37)19-22-12-15-26(27(18-22)38-2)39-16-17-40-28-9-5-7-23-6-3-4-8-25(23)28/h3-15,18-19H,16-17,20H2,1-2H3,(H,33,35)/b29-19-. The first kappa shape index (κ1) is 28.3. The summed E-state index contributed by atoms with van der Waals surface area (Å²) in [6.07, 6.45) is 1.62. The van der Waals surface area contributed by atoms with E-state index < -0.39 is 17.1 Å². The molecule has 0 bridgehead atoms. The zero-order valence-corrected chi connectivity index (χ0v) is 24.2. The average Bonchev–Trinajstić information content (AvgIpc) is 3.24. The number of anilines is 1. The van der Waals surface area contributed by atoms with Crippen LogP contribution in [-0.2, 0) is 9.59 Å². The molecule has 4 aromatic rings. The molecule has 1 fully saturated rings. The molecule has 0 spiro atoms. The molecular weight excluding hydrogens is 556 g/mol. The monoisotopic (exact) mass is 584 g/mol. The van der Waals surface area contributed by atoms with Crippen LogP contribution >= 0.6 is 23.5 Å². The largest absolute Gasteiger partial charge is 0.493 e. The molecule has 1 heterocycles. The number of carbonyl (C=O) groups is 3. The minimum absolute atomic E-state index is 0.236. The van der Waals surface area contributed by atoms with Crippen molar-refractivity contribution in [2.24, 2.45) is 0 Å². The molecule has 41 heavy (non-hydrogen) atoms. The van der Waals surface area contributed by atoms with E-state index in [9.17, 15) is 14.4 Å². The van der Waals surface area contributed by atoms with Gasteiger partial charge >= 0.3 is 0 Å². The van der Waals surface area contributed by atoms with Gasteiger partial charge in [-0.15, -0.1) is 11.8 Å². The highest BCUT2D eigenvalue weighted by Gasteiger charge is 2.36. The molecule has 9 heteroatoms. The number of carbonyl (C=O) groups excluding carboxylic acids is 3. The Labute approximate surface area is 246 Å². The van der Waals surface area contributed by atoms with E-state index in [0.717, 1.165) is 28.0 Å². The van der Waals surface area contributed by atoms with Crippen molar-refractivity contribution in [3.63, 3.8) is 0 Å². The Morgan fingerprint density at radius 2 is 1.76 bits per heavy atom. The second kappa shape index (κ2) is 13.0. The van der Waals surface area contributed by atoms with Crippen molar-refractivity contribution in [1.29, 1.82) is 0 Å². The fourth-order valence-corrected chi connectivity index (χ4v) is 6.03. The predicted molar refractivity (Wildman–Crippen MR) is 166 cm³/mol. The van der Waals surface area contributed by atoms with Gasteiger partial charge < -0.3 is 14.8 Å². The highest BCUT2D eigenvalue weighted by molar-refractivity contribution is 8.18. The lowest BCUT2D eigenvalue weighted by molar-refractivity contribution is -0.127. The molecule has 5 rings (SSSR count). The van der Waals surface area contributed by atoms with E-state index in [1.807, 2.05) is 31.2 Å². The first-order valence-electron chi connectivity index (χ1n) is 12.9.